The lowest BCUT2D eigenvalue weighted by Crippen LogP contribution is -2.64. The lowest BCUT2D eigenvalue weighted by molar-refractivity contribution is -0.265. The smallest absolute Gasteiger partial charge is 0.282 e. The summed E-state index contributed by atoms with van der Waals surface area (Å²) in [5, 5.41) is 0. The van der Waals surface area contributed by atoms with E-state index in [0.717, 1.165) is 0 Å². The van der Waals surface area contributed by atoms with Crippen LogP contribution in [0.15, 0.2) is 0 Å². The van der Waals surface area contributed by atoms with Gasteiger partial charge in [-0.2, -0.15) is 0 Å². The third kappa shape index (κ3) is 1.88. The van der Waals surface area contributed by atoms with Gasteiger partial charge in [0.25, 0.3) is 11.7 Å². The van der Waals surface area contributed by atoms with Crippen molar-refractivity contribution in [2.45, 2.75) is 63.4 Å². The summed E-state index contributed by atoms with van der Waals surface area (Å²) >= 11 is 0. The van der Waals surface area contributed by atoms with Gasteiger partial charge < -0.3 is 29.4 Å². The Labute approximate surface area is 111 Å². The molecule has 0 spiro atoms. The highest BCUT2D eigenvalue weighted by Gasteiger charge is 2.68. The highest BCUT2D eigenvalue weighted by molar-refractivity contribution is 5.83. The third-order valence-corrected chi connectivity index (χ3v) is 3.51. The minimum absolute atomic E-state index is 0.174. The van der Waals surface area contributed by atoms with Crippen LogP contribution in [0.25, 0.3) is 0 Å². The fourth-order valence-corrected chi connectivity index (χ4v) is 2.94. The molecule has 0 bridgehead atoms. The van der Waals surface area contributed by atoms with Gasteiger partial charge in [0, 0.05) is 0 Å². The van der Waals surface area contributed by atoms with Crippen LogP contribution in [-0.4, -0.2) is 48.2 Å². The van der Waals surface area contributed by atoms with Crippen molar-refractivity contribution >= 4 is 5.91 Å². The van der Waals surface area contributed by atoms with Crippen LogP contribution < -0.4 is 5.73 Å². The van der Waals surface area contributed by atoms with E-state index in [0.29, 0.717) is 0 Å². The van der Waals surface area contributed by atoms with E-state index in [2.05, 4.69) is 0 Å². The summed E-state index contributed by atoms with van der Waals surface area (Å²) < 4.78 is 28.5. The molecule has 0 aromatic heterocycles. The number of hydrogen-bond acceptors (Lipinski definition) is 6. The van der Waals surface area contributed by atoms with Gasteiger partial charge in [-0.1, -0.05) is 0 Å². The summed E-state index contributed by atoms with van der Waals surface area (Å²) in [7, 11) is 0. The summed E-state index contributed by atoms with van der Waals surface area (Å²) in [6.07, 6.45) is -1.48. The summed E-state index contributed by atoms with van der Waals surface area (Å²) in [5.41, 5.74) is 5.45. The maximum absolute atomic E-state index is 11.8. The molecule has 0 aliphatic carbocycles. The van der Waals surface area contributed by atoms with Crippen molar-refractivity contribution in [3.05, 3.63) is 0 Å². The number of carbonyl (C=O) groups excluding carboxylic acids is 1. The van der Waals surface area contributed by atoms with Crippen LogP contribution in [0.4, 0.5) is 0 Å². The number of hydrogen-bond donors (Lipinski definition) is 1. The molecule has 3 aliphatic rings. The Bertz CT molecular complexity index is 422. The first-order valence-electron chi connectivity index (χ1n) is 6.33. The zero-order chi connectivity index (χ0) is 14.1. The number of rotatable bonds is 1. The molecule has 1 amide bonds. The van der Waals surface area contributed by atoms with E-state index < -0.39 is 35.5 Å². The molecular weight excluding hydrogens is 254 g/mol. The Balaban J connectivity index is 1.96. The van der Waals surface area contributed by atoms with Crippen LogP contribution in [0.2, 0.25) is 0 Å². The van der Waals surface area contributed by atoms with Gasteiger partial charge in [-0.05, 0) is 27.7 Å². The van der Waals surface area contributed by atoms with Gasteiger partial charge in [0.2, 0.25) is 0 Å². The number of ether oxygens (including phenoxy) is 5. The molecule has 3 saturated heterocycles. The Morgan fingerprint density at radius 3 is 2.42 bits per heavy atom. The van der Waals surface area contributed by atoms with Crippen LogP contribution in [0, 0.1) is 0 Å². The highest BCUT2D eigenvalue weighted by Crippen LogP contribution is 2.47. The molecular formula is C12H19NO6. The molecule has 3 rings (SSSR count). The lowest BCUT2D eigenvalue weighted by Gasteiger charge is -2.38. The average Bonchev–Trinajstić information content (AvgIpc) is 2.70. The van der Waals surface area contributed by atoms with E-state index in [4.69, 9.17) is 29.4 Å². The van der Waals surface area contributed by atoms with E-state index in [1.165, 1.54) is 0 Å². The zero-order valence-corrected chi connectivity index (χ0v) is 11.5. The van der Waals surface area contributed by atoms with Gasteiger partial charge in [-0.15, -0.1) is 0 Å². The SMILES string of the molecule is CC1(C)OC2COC3(C(N)=O)OC(C)(C)OC3C2O1. The second kappa shape index (κ2) is 3.67. The minimum Gasteiger partial charge on any atom is -0.365 e. The number of amides is 1. The van der Waals surface area contributed by atoms with Crippen molar-refractivity contribution < 1.29 is 28.5 Å². The molecule has 19 heavy (non-hydrogen) atoms. The molecule has 0 saturated carbocycles. The Morgan fingerprint density at radius 2 is 1.79 bits per heavy atom. The third-order valence-electron chi connectivity index (χ3n) is 3.51. The lowest BCUT2D eigenvalue weighted by atomic mass is 9.96. The van der Waals surface area contributed by atoms with E-state index >= 15 is 0 Å². The highest BCUT2D eigenvalue weighted by atomic mass is 16.9. The number of fused-ring (bicyclic) bond motifs is 3. The van der Waals surface area contributed by atoms with Crippen LogP contribution in [0.3, 0.4) is 0 Å². The topological polar surface area (TPSA) is 89.2 Å². The molecule has 4 unspecified atom stereocenters. The van der Waals surface area contributed by atoms with E-state index in [1.807, 2.05) is 0 Å². The second-order valence-corrected chi connectivity index (χ2v) is 6.02. The largest absolute Gasteiger partial charge is 0.365 e. The maximum atomic E-state index is 11.8. The first-order valence-corrected chi connectivity index (χ1v) is 6.33. The van der Waals surface area contributed by atoms with Gasteiger partial charge in [-0.3, -0.25) is 4.79 Å². The fourth-order valence-electron chi connectivity index (χ4n) is 2.94. The fraction of sp³-hybridized carbons (Fsp3) is 0.917. The number of nitrogens with two attached hydrogens (primary N) is 1. The van der Waals surface area contributed by atoms with Gasteiger partial charge in [-0.25, -0.2) is 0 Å². The monoisotopic (exact) mass is 273 g/mol. The molecule has 0 aromatic rings. The predicted molar refractivity (Wildman–Crippen MR) is 61.7 cm³/mol. The van der Waals surface area contributed by atoms with Crippen molar-refractivity contribution in [1.82, 2.24) is 0 Å². The quantitative estimate of drug-likeness (QED) is 0.716. The Hall–Kier alpha value is -0.730. The van der Waals surface area contributed by atoms with E-state index in [9.17, 15) is 4.79 Å². The first-order chi connectivity index (χ1) is 8.65. The second-order valence-electron chi connectivity index (χ2n) is 6.02. The molecule has 7 heteroatoms. The standard InChI is InChI=1S/C12H19NO6/c1-10(2)16-6-5-15-12(9(13)14)8(7(6)17-10)18-11(3,4)19-12/h6-8H,5H2,1-4H3,(H2,13,14). The Morgan fingerprint density at radius 1 is 1.11 bits per heavy atom. The summed E-state index contributed by atoms with van der Waals surface area (Å²) in [6.45, 7) is 7.19. The molecule has 4 atom stereocenters. The average molecular weight is 273 g/mol. The Kier molecular flexibility index (Phi) is 2.57. The number of carbonyl (C=O) groups is 1. The molecule has 0 aromatic carbocycles. The van der Waals surface area contributed by atoms with E-state index in [1.54, 1.807) is 27.7 Å². The van der Waals surface area contributed by atoms with Crippen LogP contribution in [-0.2, 0) is 28.5 Å². The van der Waals surface area contributed by atoms with Gasteiger partial charge in [0.1, 0.15) is 12.2 Å². The van der Waals surface area contributed by atoms with Crippen molar-refractivity contribution in [3.8, 4) is 0 Å². The minimum atomic E-state index is -1.60. The van der Waals surface area contributed by atoms with Gasteiger partial charge in [0.15, 0.2) is 17.7 Å². The van der Waals surface area contributed by atoms with Crippen molar-refractivity contribution in [1.29, 1.82) is 0 Å². The van der Waals surface area contributed by atoms with Crippen molar-refractivity contribution in [2.75, 3.05) is 6.61 Å². The normalized spacial score (nSPS) is 46.6. The van der Waals surface area contributed by atoms with Crippen LogP contribution in [0.1, 0.15) is 27.7 Å². The predicted octanol–water partition coefficient (Wildman–Crippen LogP) is -0.130. The molecule has 2 N–H and O–H groups in total. The molecule has 7 nitrogen and oxygen atoms in total. The van der Waals surface area contributed by atoms with Crippen LogP contribution in [0.5, 0.6) is 0 Å². The summed E-state index contributed by atoms with van der Waals surface area (Å²) in [4.78, 5) is 11.8. The maximum Gasteiger partial charge on any atom is 0.282 e. The van der Waals surface area contributed by atoms with Gasteiger partial charge >= 0.3 is 0 Å². The molecule has 108 valence electrons. The first kappa shape index (κ1) is 13.3. The molecule has 3 heterocycles. The van der Waals surface area contributed by atoms with Crippen LogP contribution >= 0.6 is 0 Å². The summed E-state index contributed by atoms with van der Waals surface area (Å²) in [6, 6.07) is 0. The van der Waals surface area contributed by atoms with Crippen molar-refractivity contribution in [3.63, 3.8) is 0 Å². The van der Waals surface area contributed by atoms with Crippen molar-refractivity contribution in [2.24, 2.45) is 5.73 Å². The zero-order valence-electron chi connectivity index (χ0n) is 11.5. The summed E-state index contributed by atoms with van der Waals surface area (Å²) in [5.74, 6) is -4.03. The van der Waals surface area contributed by atoms with E-state index in [-0.39, 0.29) is 12.7 Å². The number of primary amides is 1. The van der Waals surface area contributed by atoms with Gasteiger partial charge in [0.05, 0.1) is 6.61 Å². The molecule has 0 radical (unpaired) electrons. The molecule has 3 aliphatic heterocycles. The molecule has 3 fully saturated rings.